The number of H-pyrrole nitrogens is 1. The first-order valence-electron chi connectivity index (χ1n) is 11.0. The lowest BCUT2D eigenvalue weighted by Crippen LogP contribution is -2.39. The Morgan fingerprint density at radius 2 is 2.07 bits per heavy atom. The maximum Gasteiger partial charge on any atom is 0.255 e. The zero-order valence-electron chi connectivity index (χ0n) is 17.8. The number of ether oxygens (including phenoxy) is 1. The topological polar surface area (TPSA) is 90.6 Å². The molecule has 2 N–H and O–H groups in total. The number of piperidine rings is 1. The van der Waals surface area contributed by atoms with Crippen molar-refractivity contribution in [2.24, 2.45) is 0 Å². The molecular formula is C21H35N5O3. The van der Waals surface area contributed by atoms with Crippen LogP contribution >= 0.6 is 0 Å². The van der Waals surface area contributed by atoms with Crippen molar-refractivity contribution in [3.05, 3.63) is 21.6 Å². The lowest BCUT2D eigenvalue weighted by molar-refractivity contribution is -0.121. The smallest absolute Gasteiger partial charge is 0.255 e. The number of likely N-dealkylation sites (tertiary alicyclic amines) is 1. The number of hydrogen-bond donors (Lipinski definition) is 2. The highest BCUT2D eigenvalue weighted by molar-refractivity contribution is 5.76. The second kappa shape index (κ2) is 10.7. The molecule has 8 nitrogen and oxygen atoms in total. The van der Waals surface area contributed by atoms with Crippen molar-refractivity contribution < 1.29 is 9.53 Å². The Morgan fingerprint density at radius 1 is 1.28 bits per heavy atom. The minimum Gasteiger partial charge on any atom is -0.378 e. The summed E-state index contributed by atoms with van der Waals surface area (Å²) in [4.78, 5) is 36.6. The van der Waals surface area contributed by atoms with E-state index in [0.717, 1.165) is 26.1 Å². The van der Waals surface area contributed by atoms with Crippen LogP contribution in [0.2, 0.25) is 0 Å². The Morgan fingerprint density at radius 3 is 2.79 bits per heavy atom. The van der Waals surface area contributed by atoms with Crippen molar-refractivity contribution in [2.45, 2.75) is 58.4 Å². The average Bonchev–Trinajstić information content (AvgIpc) is 2.72. The number of nitrogens with zero attached hydrogens (tertiary/aromatic N) is 3. The summed E-state index contributed by atoms with van der Waals surface area (Å²) in [5.41, 5.74) is 1.15. The molecular weight excluding hydrogens is 370 g/mol. The molecule has 1 aromatic rings. The number of aromatic amines is 1. The molecule has 2 aliphatic heterocycles. The van der Waals surface area contributed by atoms with Gasteiger partial charge in [-0.15, -0.1) is 0 Å². The van der Waals surface area contributed by atoms with Crippen LogP contribution < -0.4 is 15.8 Å². The summed E-state index contributed by atoms with van der Waals surface area (Å²) >= 11 is 0. The van der Waals surface area contributed by atoms with Crippen molar-refractivity contribution in [2.75, 3.05) is 50.8 Å². The minimum absolute atomic E-state index is 0.00671. The highest BCUT2D eigenvalue weighted by Crippen LogP contribution is 2.16. The van der Waals surface area contributed by atoms with E-state index in [1.165, 1.54) is 25.8 Å². The van der Waals surface area contributed by atoms with E-state index in [4.69, 9.17) is 4.74 Å². The summed E-state index contributed by atoms with van der Waals surface area (Å²) in [5, 5.41) is 2.99. The van der Waals surface area contributed by atoms with Gasteiger partial charge in [0.2, 0.25) is 11.9 Å². The lowest BCUT2D eigenvalue weighted by atomic mass is 10.0. The van der Waals surface area contributed by atoms with Crippen LogP contribution in [0.4, 0.5) is 5.95 Å². The van der Waals surface area contributed by atoms with Gasteiger partial charge in [-0.25, -0.2) is 4.98 Å². The molecule has 0 aliphatic carbocycles. The van der Waals surface area contributed by atoms with Crippen molar-refractivity contribution in [3.63, 3.8) is 0 Å². The zero-order chi connectivity index (χ0) is 20.6. The molecule has 1 aromatic heterocycles. The Balaban J connectivity index is 1.42. The summed E-state index contributed by atoms with van der Waals surface area (Å²) in [6, 6.07) is 0.655. The maximum atomic E-state index is 12.5. The van der Waals surface area contributed by atoms with Gasteiger partial charge in [-0.1, -0.05) is 6.42 Å². The Kier molecular flexibility index (Phi) is 8.06. The molecule has 1 atom stereocenters. The molecule has 0 saturated carbocycles. The van der Waals surface area contributed by atoms with Crippen molar-refractivity contribution in [1.29, 1.82) is 0 Å². The van der Waals surface area contributed by atoms with Gasteiger partial charge in [-0.2, -0.15) is 0 Å². The van der Waals surface area contributed by atoms with E-state index in [9.17, 15) is 9.59 Å². The van der Waals surface area contributed by atoms with Crippen LogP contribution in [0.3, 0.4) is 0 Å². The average molecular weight is 406 g/mol. The van der Waals surface area contributed by atoms with Gasteiger partial charge < -0.3 is 19.9 Å². The standard InChI is InChI=1S/C21H35N5O3/c1-16-6-3-4-10-25(16)11-5-9-22-19(27)8-7-18-17(2)23-21(24-20(18)28)26-12-14-29-15-13-26/h16H,3-15H2,1-2H3,(H,22,27)(H,23,24,28). The predicted octanol–water partition coefficient (Wildman–Crippen LogP) is 1.23. The third-order valence-electron chi connectivity index (χ3n) is 6.01. The first-order chi connectivity index (χ1) is 14.0. The van der Waals surface area contributed by atoms with Crippen LogP contribution in [-0.2, 0) is 16.0 Å². The molecule has 2 fully saturated rings. The summed E-state index contributed by atoms with van der Waals surface area (Å²) in [6.45, 7) is 9.74. The number of anilines is 1. The molecule has 0 radical (unpaired) electrons. The van der Waals surface area contributed by atoms with Crippen LogP contribution in [0.15, 0.2) is 4.79 Å². The fourth-order valence-corrected chi connectivity index (χ4v) is 4.14. The van der Waals surface area contributed by atoms with E-state index in [1.54, 1.807) is 0 Å². The zero-order valence-corrected chi connectivity index (χ0v) is 17.8. The van der Waals surface area contributed by atoms with Crippen LogP contribution in [-0.4, -0.2) is 72.8 Å². The van der Waals surface area contributed by atoms with Crippen molar-refractivity contribution >= 4 is 11.9 Å². The summed E-state index contributed by atoms with van der Waals surface area (Å²) < 4.78 is 5.34. The van der Waals surface area contributed by atoms with Crippen molar-refractivity contribution in [3.8, 4) is 0 Å². The normalized spacial score (nSPS) is 20.6. The first-order valence-corrected chi connectivity index (χ1v) is 11.0. The molecule has 29 heavy (non-hydrogen) atoms. The van der Waals surface area contributed by atoms with Gasteiger partial charge >= 0.3 is 0 Å². The van der Waals surface area contributed by atoms with Gasteiger partial charge in [0.25, 0.3) is 5.56 Å². The molecule has 162 valence electrons. The predicted molar refractivity (Wildman–Crippen MR) is 113 cm³/mol. The Bertz CT molecular complexity index is 730. The lowest BCUT2D eigenvalue weighted by Gasteiger charge is -2.33. The maximum absolute atomic E-state index is 12.5. The van der Waals surface area contributed by atoms with Crippen LogP contribution in [0.25, 0.3) is 0 Å². The Hall–Kier alpha value is -1.93. The fraction of sp³-hybridized carbons (Fsp3) is 0.762. The van der Waals surface area contributed by atoms with Gasteiger partial charge in [0.15, 0.2) is 0 Å². The quantitative estimate of drug-likeness (QED) is 0.632. The molecule has 2 aliphatic rings. The SMILES string of the molecule is Cc1nc(N2CCOCC2)[nH]c(=O)c1CCC(=O)NCCCN1CCCCC1C. The summed E-state index contributed by atoms with van der Waals surface area (Å²) in [6.07, 6.45) is 5.57. The molecule has 0 aromatic carbocycles. The van der Waals surface area contributed by atoms with E-state index < -0.39 is 0 Å². The highest BCUT2D eigenvalue weighted by atomic mass is 16.5. The third-order valence-corrected chi connectivity index (χ3v) is 6.01. The van der Waals surface area contributed by atoms with E-state index >= 15 is 0 Å². The van der Waals surface area contributed by atoms with Gasteiger partial charge in [0.1, 0.15) is 0 Å². The number of hydrogen-bond acceptors (Lipinski definition) is 6. The summed E-state index contributed by atoms with van der Waals surface area (Å²) in [5.74, 6) is 0.587. The van der Waals surface area contributed by atoms with Crippen LogP contribution in [0, 0.1) is 6.92 Å². The number of amides is 1. The largest absolute Gasteiger partial charge is 0.378 e. The van der Waals surface area contributed by atoms with Crippen molar-refractivity contribution in [1.82, 2.24) is 20.2 Å². The Labute approximate surface area is 173 Å². The number of aromatic nitrogens is 2. The fourth-order valence-electron chi connectivity index (χ4n) is 4.14. The van der Waals surface area contributed by atoms with E-state index in [2.05, 4.69) is 27.1 Å². The monoisotopic (exact) mass is 405 g/mol. The highest BCUT2D eigenvalue weighted by Gasteiger charge is 2.18. The van der Waals surface area contributed by atoms with Crippen LogP contribution in [0.1, 0.15) is 50.3 Å². The molecule has 8 heteroatoms. The van der Waals surface area contributed by atoms with Crippen LogP contribution in [0.5, 0.6) is 0 Å². The molecule has 1 unspecified atom stereocenters. The van der Waals surface area contributed by atoms with E-state index in [-0.39, 0.29) is 11.5 Å². The van der Waals surface area contributed by atoms with Gasteiger partial charge in [0.05, 0.1) is 13.2 Å². The first kappa shape index (κ1) is 21.8. The number of carbonyl (C=O) groups excluding carboxylic acids is 1. The van der Waals surface area contributed by atoms with E-state index in [0.29, 0.717) is 55.8 Å². The number of morpholine rings is 1. The second-order valence-corrected chi connectivity index (χ2v) is 8.14. The van der Waals surface area contributed by atoms with Gasteiger partial charge in [0, 0.05) is 49.9 Å². The molecule has 1 amide bonds. The second-order valence-electron chi connectivity index (χ2n) is 8.14. The number of aryl methyl sites for hydroxylation is 1. The molecule has 2 saturated heterocycles. The summed E-state index contributed by atoms with van der Waals surface area (Å²) in [7, 11) is 0. The number of carbonyl (C=O) groups is 1. The third kappa shape index (κ3) is 6.27. The van der Waals surface area contributed by atoms with Gasteiger partial charge in [-0.05, 0) is 46.1 Å². The number of nitrogens with one attached hydrogen (secondary N) is 2. The molecule has 3 heterocycles. The molecule has 3 rings (SSSR count). The van der Waals surface area contributed by atoms with Gasteiger partial charge in [-0.3, -0.25) is 14.6 Å². The molecule has 0 bridgehead atoms. The molecule has 0 spiro atoms. The van der Waals surface area contributed by atoms with E-state index in [1.807, 2.05) is 11.8 Å². The number of rotatable bonds is 8. The minimum atomic E-state index is -0.147.